The molecule has 7 heteroatoms. The number of halogens is 2. The molecule has 1 aliphatic carbocycles. The second-order valence-electron chi connectivity index (χ2n) is 6.96. The maximum absolute atomic E-state index is 4.59. The van der Waals surface area contributed by atoms with Crippen LogP contribution in [0.4, 0.5) is 0 Å². The summed E-state index contributed by atoms with van der Waals surface area (Å²) in [6, 6.07) is 14.7. The number of aromatic nitrogens is 4. The molecule has 146 valence electrons. The molecule has 5 nitrogen and oxygen atoms in total. The molecule has 1 unspecified atom stereocenters. The lowest BCUT2D eigenvalue weighted by atomic mass is 9.87. The third-order valence-electron chi connectivity index (χ3n) is 5.36. The molecule has 1 aliphatic heterocycles. The van der Waals surface area contributed by atoms with Gasteiger partial charge in [-0.2, -0.15) is 0 Å². The fourth-order valence-electron chi connectivity index (χ4n) is 4.01. The van der Waals surface area contributed by atoms with Crippen molar-refractivity contribution in [1.29, 1.82) is 0 Å². The molecule has 0 amide bonds. The molecule has 3 aromatic rings. The van der Waals surface area contributed by atoms with E-state index in [0.29, 0.717) is 5.92 Å². The Balaban J connectivity index is 0.00000112. The minimum absolute atomic E-state index is 0. The minimum Gasteiger partial charge on any atom is -0.306 e. The Morgan fingerprint density at radius 1 is 0.964 bits per heavy atom. The van der Waals surface area contributed by atoms with Gasteiger partial charge in [-0.05, 0) is 48.6 Å². The number of pyridine rings is 1. The van der Waals surface area contributed by atoms with Gasteiger partial charge in [0.2, 0.25) is 0 Å². The lowest BCUT2D eigenvalue weighted by Gasteiger charge is -2.22. The smallest absolute Gasteiger partial charge is 0.151 e. The number of para-hydroxylation sites is 1. The maximum Gasteiger partial charge on any atom is 0.151 e. The first-order valence-electron chi connectivity index (χ1n) is 9.24. The van der Waals surface area contributed by atoms with E-state index in [1.54, 1.807) is 0 Å². The third-order valence-corrected chi connectivity index (χ3v) is 5.36. The summed E-state index contributed by atoms with van der Waals surface area (Å²) < 4.78 is 2.28. The summed E-state index contributed by atoms with van der Waals surface area (Å²) in [5, 5.41) is 12.5. The molecule has 1 aromatic carbocycles. The van der Waals surface area contributed by atoms with Gasteiger partial charge < -0.3 is 5.32 Å². The van der Waals surface area contributed by atoms with Crippen LogP contribution < -0.4 is 5.32 Å². The number of rotatable bonds is 2. The monoisotopic (exact) mass is 415 g/mol. The quantitative estimate of drug-likeness (QED) is 0.670. The Kier molecular flexibility index (Phi) is 6.50. The van der Waals surface area contributed by atoms with Crippen molar-refractivity contribution >= 4 is 30.4 Å². The van der Waals surface area contributed by atoms with Crippen molar-refractivity contribution < 1.29 is 0 Å². The summed E-state index contributed by atoms with van der Waals surface area (Å²) in [7, 11) is 0. The number of fused-ring (bicyclic) bond motifs is 3. The van der Waals surface area contributed by atoms with Gasteiger partial charge in [0, 0.05) is 18.7 Å². The third kappa shape index (κ3) is 3.70. The topological polar surface area (TPSA) is 55.6 Å². The van der Waals surface area contributed by atoms with Crippen molar-refractivity contribution in [2.75, 3.05) is 0 Å². The van der Waals surface area contributed by atoms with Gasteiger partial charge in [0.15, 0.2) is 5.82 Å². The summed E-state index contributed by atoms with van der Waals surface area (Å²) in [5.41, 5.74) is 4.96. The van der Waals surface area contributed by atoms with Crippen molar-refractivity contribution in [2.45, 2.75) is 38.3 Å². The van der Waals surface area contributed by atoms with E-state index in [2.05, 4.69) is 67.5 Å². The highest BCUT2D eigenvalue weighted by atomic mass is 35.5. The van der Waals surface area contributed by atoms with Crippen LogP contribution in [0.3, 0.4) is 0 Å². The van der Waals surface area contributed by atoms with Crippen molar-refractivity contribution in [3.8, 4) is 5.69 Å². The lowest BCUT2D eigenvalue weighted by molar-refractivity contribution is 0.576. The van der Waals surface area contributed by atoms with Crippen molar-refractivity contribution in [1.82, 2.24) is 25.1 Å². The van der Waals surface area contributed by atoms with Crippen molar-refractivity contribution in [3.63, 3.8) is 0 Å². The zero-order valence-corrected chi connectivity index (χ0v) is 17.0. The second kappa shape index (κ2) is 8.86. The van der Waals surface area contributed by atoms with Crippen LogP contribution >= 0.6 is 24.8 Å². The molecule has 0 bridgehead atoms. The molecule has 1 N–H and O–H groups in total. The van der Waals surface area contributed by atoms with Gasteiger partial charge in [-0.25, -0.2) is 0 Å². The molecule has 5 rings (SSSR count). The molecule has 0 saturated carbocycles. The average molecular weight is 416 g/mol. The molecule has 28 heavy (non-hydrogen) atoms. The molecule has 2 aliphatic rings. The molecule has 0 spiro atoms. The van der Waals surface area contributed by atoms with Gasteiger partial charge in [0.05, 0.1) is 17.9 Å². The Bertz CT molecular complexity index is 968. The Hall–Kier alpha value is -2.21. The van der Waals surface area contributed by atoms with Crippen LogP contribution in [0.2, 0.25) is 0 Å². The highest BCUT2D eigenvalue weighted by Gasteiger charge is 2.26. The number of benzene rings is 1. The van der Waals surface area contributed by atoms with E-state index in [-0.39, 0.29) is 24.8 Å². The highest BCUT2D eigenvalue weighted by molar-refractivity contribution is 5.85. The van der Waals surface area contributed by atoms with Crippen LogP contribution in [0.1, 0.15) is 48.1 Å². The van der Waals surface area contributed by atoms with Crippen LogP contribution in [0.15, 0.2) is 54.7 Å². The summed E-state index contributed by atoms with van der Waals surface area (Å²) in [6.07, 6.45) is 7.29. The predicted octanol–water partition coefficient (Wildman–Crippen LogP) is 4.46. The van der Waals surface area contributed by atoms with Gasteiger partial charge >= 0.3 is 0 Å². The van der Waals surface area contributed by atoms with Crippen LogP contribution in [0, 0.1) is 0 Å². The molecule has 0 radical (unpaired) electrons. The van der Waals surface area contributed by atoms with Crippen LogP contribution in [0.25, 0.3) is 11.3 Å². The number of hydrogen-bond donors (Lipinski definition) is 1. The normalized spacial score (nSPS) is 17.9. The molecular weight excluding hydrogens is 393 g/mol. The first-order chi connectivity index (χ1) is 12.9. The maximum atomic E-state index is 4.59. The molecule has 2 aromatic heterocycles. The summed E-state index contributed by atoms with van der Waals surface area (Å²) >= 11 is 0. The summed E-state index contributed by atoms with van der Waals surface area (Å²) in [6.45, 7) is 1.62. The Morgan fingerprint density at radius 2 is 1.82 bits per heavy atom. The van der Waals surface area contributed by atoms with Gasteiger partial charge in [0.25, 0.3) is 0 Å². The number of allylic oxidation sites excluding steroid dienone is 2. The van der Waals surface area contributed by atoms with Crippen molar-refractivity contribution in [3.05, 3.63) is 77.6 Å². The highest BCUT2D eigenvalue weighted by Crippen LogP contribution is 2.36. The number of hydrogen-bond acceptors (Lipinski definition) is 4. The standard InChI is InChI=1S/C21H21N5.2ClH/c1-2-7-19-17(5-1)13-22-14-20-24-25-21(26(19)20)16-10-8-15(9-11-16)18-6-3-4-12-23-18;;/h1-8,12,16,22H,9-11,13-14H2;2*1H. The van der Waals surface area contributed by atoms with Crippen LogP contribution in [-0.2, 0) is 13.1 Å². The fraction of sp³-hybridized carbons (Fsp3) is 0.286. The van der Waals surface area contributed by atoms with E-state index in [4.69, 9.17) is 0 Å². The first kappa shape index (κ1) is 20.5. The van der Waals surface area contributed by atoms with E-state index < -0.39 is 0 Å². The van der Waals surface area contributed by atoms with Gasteiger partial charge in [-0.15, -0.1) is 35.0 Å². The van der Waals surface area contributed by atoms with E-state index in [1.807, 2.05) is 12.3 Å². The average Bonchev–Trinajstić information content (AvgIpc) is 3.04. The van der Waals surface area contributed by atoms with Crippen LogP contribution in [0.5, 0.6) is 0 Å². The molecule has 0 fully saturated rings. The fourth-order valence-corrected chi connectivity index (χ4v) is 4.01. The van der Waals surface area contributed by atoms with Crippen LogP contribution in [-0.4, -0.2) is 19.7 Å². The minimum atomic E-state index is 0. The Labute approximate surface area is 177 Å². The van der Waals surface area contributed by atoms with E-state index in [0.717, 1.165) is 49.7 Å². The zero-order chi connectivity index (χ0) is 17.3. The second-order valence-corrected chi connectivity index (χ2v) is 6.96. The lowest BCUT2D eigenvalue weighted by Crippen LogP contribution is -2.13. The molecule has 1 atom stereocenters. The molecule has 0 saturated heterocycles. The van der Waals surface area contributed by atoms with Gasteiger partial charge in [-0.3, -0.25) is 9.55 Å². The summed E-state index contributed by atoms with van der Waals surface area (Å²) in [5.74, 6) is 2.49. The zero-order valence-electron chi connectivity index (χ0n) is 15.4. The van der Waals surface area contributed by atoms with Gasteiger partial charge in [-0.1, -0.05) is 30.3 Å². The van der Waals surface area contributed by atoms with E-state index in [9.17, 15) is 0 Å². The van der Waals surface area contributed by atoms with Crippen molar-refractivity contribution in [2.24, 2.45) is 0 Å². The summed E-state index contributed by atoms with van der Waals surface area (Å²) in [4.78, 5) is 4.49. The predicted molar refractivity (Wildman–Crippen MR) is 115 cm³/mol. The molecular formula is C21H23Cl2N5. The number of nitrogens with one attached hydrogen (secondary N) is 1. The number of nitrogens with zero attached hydrogens (tertiary/aromatic N) is 4. The largest absolute Gasteiger partial charge is 0.306 e. The SMILES string of the molecule is C1=C(c2ccccn2)CCC(c2nnc3n2-c2ccccc2CNC3)C1.Cl.Cl. The van der Waals surface area contributed by atoms with E-state index >= 15 is 0 Å². The van der Waals surface area contributed by atoms with Gasteiger partial charge in [0.1, 0.15) is 5.82 Å². The molecule has 3 heterocycles. The first-order valence-corrected chi connectivity index (χ1v) is 9.24. The van der Waals surface area contributed by atoms with E-state index in [1.165, 1.54) is 16.8 Å². The Morgan fingerprint density at radius 3 is 2.61 bits per heavy atom.